The first-order valence-corrected chi connectivity index (χ1v) is 9.75. The minimum absolute atomic E-state index is 0.00271. The Morgan fingerprint density at radius 1 is 1.00 bits per heavy atom. The Labute approximate surface area is 154 Å². The van der Waals surface area contributed by atoms with Gasteiger partial charge in [-0.25, -0.2) is 4.79 Å². The van der Waals surface area contributed by atoms with Gasteiger partial charge in [-0.15, -0.1) is 0 Å². The monoisotopic (exact) mass is 360 g/mol. The fraction of sp³-hybridized carbons (Fsp3) is 0.714. The third kappa shape index (κ3) is 2.35. The number of hydrogen-bond acceptors (Lipinski definition) is 5. The fourth-order valence-corrected chi connectivity index (χ4v) is 6.61. The molecule has 5 nitrogen and oxygen atoms in total. The Balaban J connectivity index is 1.67. The van der Waals surface area contributed by atoms with Crippen molar-refractivity contribution in [3.8, 4) is 0 Å². The maximum Gasteiger partial charge on any atom is 0.337 e. The molecule has 4 rings (SSSR count). The number of aliphatic hydroxyl groups excluding tert-OH is 2. The number of ketones is 1. The van der Waals surface area contributed by atoms with Crippen molar-refractivity contribution in [2.24, 2.45) is 29.1 Å². The number of allylic oxidation sites excluding steroid dienone is 1. The van der Waals surface area contributed by atoms with Gasteiger partial charge in [0, 0.05) is 17.9 Å². The lowest BCUT2D eigenvalue weighted by Crippen LogP contribution is -2.58. The molecule has 1 aliphatic heterocycles. The van der Waals surface area contributed by atoms with E-state index in [0.29, 0.717) is 48.2 Å². The second kappa shape index (κ2) is 5.86. The molecule has 142 valence electrons. The maximum absolute atomic E-state index is 12.3. The molecule has 26 heavy (non-hydrogen) atoms. The number of rotatable bonds is 0. The fourth-order valence-electron chi connectivity index (χ4n) is 6.61. The minimum atomic E-state index is -0.464. The van der Waals surface area contributed by atoms with Gasteiger partial charge < -0.3 is 14.9 Å². The predicted molar refractivity (Wildman–Crippen MR) is 95.3 cm³/mol. The van der Waals surface area contributed by atoms with Crippen LogP contribution in [0.15, 0.2) is 23.7 Å². The highest BCUT2D eigenvalue weighted by Crippen LogP contribution is 2.63. The third-order valence-electron chi connectivity index (χ3n) is 8.10. The first-order valence-electron chi connectivity index (χ1n) is 9.75. The van der Waals surface area contributed by atoms with Crippen molar-refractivity contribution < 1.29 is 24.5 Å². The summed E-state index contributed by atoms with van der Waals surface area (Å²) in [6, 6.07) is 0. The molecule has 1 saturated heterocycles. The molecule has 0 aromatic rings. The highest BCUT2D eigenvalue weighted by molar-refractivity contribution is 5.96. The number of carbonyl (C=O) groups excluding carboxylic acids is 2. The summed E-state index contributed by atoms with van der Waals surface area (Å²) in [6.07, 6.45) is 7.48. The van der Waals surface area contributed by atoms with Gasteiger partial charge in [0.2, 0.25) is 0 Å². The minimum Gasteiger partial charge on any atom is -0.515 e. The van der Waals surface area contributed by atoms with Gasteiger partial charge in [0.15, 0.2) is 5.78 Å². The normalized spacial score (nSPS) is 48.5. The number of carbonyl (C=O) groups is 2. The largest absolute Gasteiger partial charge is 0.515 e. The number of hydrogen-bond donors (Lipinski definition) is 2. The molecule has 0 aromatic carbocycles. The van der Waals surface area contributed by atoms with Gasteiger partial charge in [-0.3, -0.25) is 4.79 Å². The summed E-state index contributed by atoms with van der Waals surface area (Å²) >= 11 is 0. The van der Waals surface area contributed by atoms with E-state index in [9.17, 15) is 19.8 Å². The summed E-state index contributed by atoms with van der Waals surface area (Å²) < 4.78 is 5.79. The van der Waals surface area contributed by atoms with Crippen LogP contribution in [0.25, 0.3) is 0 Å². The van der Waals surface area contributed by atoms with Gasteiger partial charge in [0.1, 0.15) is 5.60 Å². The van der Waals surface area contributed by atoms with Gasteiger partial charge in [-0.1, -0.05) is 6.92 Å². The van der Waals surface area contributed by atoms with E-state index in [4.69, 9.17) is 4.74 Å². The SMILES string of the molecule is CC12CCC3C(CCC4CC(=O)C(=CO)CC43C)C1CC(=CO)C(=O)O2. The molecule has 0 bridgehead atoms. The maximum atomic E-state index is 12.3. The molecule has 0 spiro atoms. The number of esters is 1. The van der Waals surface area contributed by atoms with Crippen LogP contribution >= 0.6 is 0 Å². The summed E-state index contributed by atoms with van der Waals surface area (Å²) in [5.74, 6) is 1.12. The van der Waals surface area contributed by atoms with Crippen LogP contribution in [0.1, 0.15) is 58.8 Å². The highest BCUT2D eigenvalue weighted by atomic mass is 16.6. The van der Waals surface area contributed by atoms with Gasteiger partial charge in [0.05, 0.1) is 18.1 Å². The Hall–Kier alpha value is -1.78. The summed E-state index contributed by atoms with van der Waals surface area (Å²) in [4.78, 5) is 24.4. The summed E-state index contributed by atoms with van der Waals surface area (Å²) in [7, 11) is 0. The van der Waals surface area contributed by atoms with Crippen molar-refractivity contribution >= 4 is 11.8 Å². The lowest BCUT2D eigenvalue weighted by atomic mass is 9.45. The molecule has 4 aliphatic rings. The van der Waals surface area contributed by atoms with E-state index in [1.165, 1.54) is 0 Å². The zero-order chi connectivity index (χ0) is 18.7. The van der Waals surface area contributed by atoms with Gasteiger partial charge in [-0.05, 0) is 68.6 Å². The lowest BCUT2D eigenvalue weighted by Gasteiger charge is -2.61. The van der Waals surface area contributed by atoms with Gasteiger partial charge in [-0.2, -0.15) is 0 Å². The van der Waals surface area contributed by atoms with Crippen molar-refractivity contribution in [1.29, 1.82) is 0 Å². The smallest absolute Gasteiger partial charge is 0.337 e. The molecule has 4 fully saturated rings. The molecule has 6 atom stereocenters. The summed E-state index contributed by atoms with van der Waals surface area (Å²) in [6.45, 7) is 4.32. The molecule has 5 heteroatoms. The average Bonchev–Trinajstić information content (AvgIpc) is 2.60. The second-order valence-electron chi connectivity index (χ2n) is 9.21. The number of ether oxygens (including phenoxy) is 1. The lowest BCUT2D eigenvalue weighted by molar-refractivity contribution is -0.193. The second-order valence-corrected chi connectivity index (χ2v) is 9.21. The topological polar surface area (TPSA) is 83.8 Å². The van der Waals surface area contributed by atoms with Crippen molar-refractivity contribution in [1.82, 2.24) is 0 Å². The zero-order valence-corrected chi connectivity index (χ0v) is 15.5. The van der Waals surface area contributed by atoms with E-state index in [0.717, 1.165) is 38.2 Å². The van der Waals surface area contributed by atoms with E-state index in [2.05, 4.69) is 6.92 Å². The summed E-state index contributed by atoms with van der Waals surface area (Å²) in [5, 5.41) is 18.9. The Morgan fingerprint density at radius 2 is 1.73 bits per heavy atom. The zero-order valence-electron chi connectivity index (χ0n) is 15.5. The molecular formula is C21H28O5. The van der Waals surface area contributed by atoms with Crippen molar-refractivity contribution in [3.63, 3.8) is 0 Å². The predicted octanol–water partition coefficient (Wildman–Crippen LogP) is 4.00. The first kappa shape index (κ1) is 17.6. The van der Waals surface area contributed by atoms with Crippen molar-refractivity contribution in [3.05, 3.63) is 23.7 Å². The van der Waals surface area contributed by atoms with Crippen LogP contribution in [0, 0.1) is 29.1 Å². The van der Waals surface area contributed by atoms with Crippen LogP contribution in [-0.4, -0.2) is 27.6 Å². The van der Waals surface area contributed by atoms with Gasteiger partial charge >= 0.3 is 5.97 Å². The van der Waals surface area contributed by atoms with Crippen LogP contribution in [0.3, 0.4) is 0 Å². The van der Waals surface area contributed by atoms with Crippen molar-refractivity contribution in [2.75, 3.05) is 0 Å². The van der Waals surface area contributed by atoms with Crippen LogP contribution in [-0.2, 0) is 14.3 Å². The summed E-state index contributed by atoms with van der Waals surface area (Å²) in [5.41, 5.74) is 0.463. The Kier molecular flexibility index (Phi) is 3.97. The molecule has 2 N–H and O–H groups in total. The van der Waals surface area contributed by atoms with Gasteiger partial charge in [0.25, 0.3) is 0 Å². The van der Waals surface area contributed by atoms with Crippen LogP contribution in [0.4, 0.5) is 0 Å². The molecule has 6 unspecified atom stereocenters. The number of Topliss-reactive ketones (excluding diaryl/α,β-unsaturated/α-hetero) is 1. The number of fused-ring (bicyclic) bond motifs is 5. The third-order valence-corrected chi connectivity index (χ3v) is 8.10. The standard InChI is InChI=1S/C21H28O5/c1-20-9-13(11-23)18(24)8-14(20)3-4-15-16(20)5-6-21(2)17(15)7-12(10-22)19(25)26-21/h10-11,14-17,22-23H,3-9H2,1-2H3. The molecule has 3 aliphatic carbocycles. The van der Waals surface area contributed by atoms with E-state index in [-0.39, 0.29) is 17.1 Å². The molecule has 3 saturated carbocycles. The number of aliphatic hydroxyl groups is 2. The molecular weight excluding hydrogens is 332 g/mol. The van der Waals surface area contributed by atoms with Crippen LogP contribution in [0.5, 0.6) is 0 Å². The molecule has 0 radical (unpaired) electrons. The van der Waals surface area contributed by atoms with E-state index in [1.807, 2.05) is 6.92 Å². The Bertz CT molecular complexity index is 707. The highest BCUT2D eigenvalue weighted by Gasteiger charge is 2.60. The van der Waals surface area contributed by atoms with Crippen molar-refractivity contribution in [2.45, 2.75) is 64.4 Å². The Morgan fingerprint density at radius 3 is 2.42 bits per heavy atom. The molecule has 0 amide bonds. The van der Waals surface area contributed by atoms with E-state index >= 15 is 0 Å². The van der Waals surface area contributed by atoms with Crippen LogP contribution < -0.4 is 0 Å². The quantitative estimate of drug-likeness (QED) is 0.387. The molecule has 0 aromatic heterocycles. The van der Waals surface area contributed by atoms with E-state index < -0.39 is 11.6 Å². The molecule has 1 heterocycles. The van der Waals surface area contributed by atoms with Crippen LogP contribution in [0.2, 0.25) is 0 Å². The van der Waals surface area contributed by atoms with E-state index in [1.54, 1.807) is 0 Å². The first-order chi connectivity index (χ1) is 12.3. The average molecular weight is 360 g/mol.